The number of nitrogens with zero attached hydrogens (tertiary/aromatic N) is 2. The molecule has 0 bridgehead atoms. The van der Waals surface area contributed by atoms with E-state index in [4.69, 9.17) is 0 Å². The third-order valence-corrected chi connectivity index (χ3v) is 5.40. The minimum atomic E-state index is 0. The highest BCUT2D eigenvalue weighted by molar-refractivity contribution is 4.83. The number of aryl methyl sites for hydroxylation is 1. The topological polar surface area (TPSA) is 3.88 Å². The van der Waals surface area contributed by atoms with Crippen LogP contribution in [-0.4, -0.2) is 30.7 Å². The van der Waals surface area contributed by atoms with Crippen LogP contribution in [0.15, 0.2) is 30.6 Å². The maximum absolute atomic E-state index is 2.32. The molecule has 1 rings (SSSR count). The van der Waals surface area contributed by atoms with Crippen LogP contribution >= 0.6 is 0 Å². The zero-order valence-electron chi connectivity index (χ0n) is 19.1. The van der Waals surface area contributed by atoms with Crippen molar-refractivity contribution in [2.75, 3.05) is 26.2 Å². The van der Waals surface area contributed by atoms with Crippen molar-refractivity contribution in [3.8, 4) is 0 Å². The molecule has 0 aromatic carbocycles. The summed E-state index contributed by atoms with van der Waals surface area (Å²) >= 11 is 0. The standard InChI is InChI=1S/C12H28N.C11H18N.BrH.ClH/c1-6-13(7-2,8-3)11-9-10-12(4)5;1-11(2)7-6-10-12-8-4-3-5-9-12;;/h12H,6-11H2,1-5H3;3-5,8-9,11H,6-7,10H2,1-2H3;2*1H/q2*+1;;/p-2. The number of pyridine rings is 1. The highest BCUT2D eigenvalue weighted by Crippen LogP contribution is 2.11. The Labute approximate surface area is 187 Å². The number of hydrogen-bond donors (Lipinski definition) is 0. The van der Waals surface area contributed by atoms with E-state index in [1.54, 1.807) is 0 Å². The third kappa shape index (κ3) is 16.5. The van der Waals surface area contributed by atoms with Gasteiger partial charge in [-0.25, -0.2) is 4.57 Å². The van der Waals surface area contributed by atoms with Crippen molar-refractivity contribution in [3.05, 3.63) is 30.6 Å². The summed E-state index contributed by atoms with van der Waals surface area (Å²) in [4.78, 5) is 0. The lowest BCUT2D eigenvalue weighted by molar-refractivity contribution is -0.923. The smallest absolute Gasteiger partial charge is 0.168 e. The summed E-state index contributed by atoms with van der Waals surface area (Å²) in [6, 6.07) is 6.21. The quantitative estimate of drug-likeness (QED) is 0.312. The van der Waals surface area contributed by atoms with Crippen molar-refractivity contribution in [2.24, 2.45) is 11.8 Å². The molecule has 1 aromatic rings. The molecule has 0 amide bonds. The summed E-state index contributed by atoms with van der Waals surface area (Å²) in [5.41, 5.74) is 0. The average molecular weight is 466 g/mol. The van der Waals surface area contributed by atoms with Crippen molar-refractivity contribution < 1.29 is 38.4 Å². The fraction of sp³-hybridized carbons (Fsp3) is 0.783. The van der Waals surface area contributed by atoms with Gasteiger partial charge in [0.05, 0.1) is 26.2 Å². The first-order valence-electron chi connectivity index (χ1n) is 10.7. The van der Waals surface area contributed by atoms with Crippen LogP contribution in [-0.2, 0) is 6.54 Å². The molecule has 27 heavy (non-hydrogen) atoms. The fourth-order valence-electron chi connectivity index (χ4n) is 3.25. The molecule has 1 aromatic heterocycles. The minimum Gasteiger partial charge on any atom is -1.00 e. The second kappa shape index (κ2) is 19.2. The number of quaternary nitrogens is 1. The van der Waals surface area contributed by atoms with Crippen LogP contribution < -0.4 is 34.0 Å². The molecule has 0 fully saturated rings. The third-order valence-electron chi connectivity index (χ3n) is 5.40. The van der Waals surface area contributed by atoms with E-state index in [2.05, 4.69) is 83.6 Å². The van der Waals surface area contributed by atoms with Gasteiger partial charge in [0.1, 0.15) is 6.54 Å². The van der Waals surface area contributed by atoms with E-state index in [1.165, 1.54) is 56.3 Å². The SMILES string of the molecule is CC(C)CCC[n+]1ccccc1.CC[N+](CC)(CC)CCCC(C)C.[Br-].[Cl-]. The molecule has 0 spiro atoms. The Morgan fingerprint density at radius 2 is 1.19 bits per heavy atom. The lowest BCUT2D eigenvalue weighted by atomic mass is 10.1. The second-order valence-corrected chi connectivity index (χ2v) is 8.20. The van der Waals surface area contributed by atoms with Gasteiger partial charge in [-0.05, 0) is 51.9 Å². The Morgan fingerprint density at radius 1 is 0.741 bits per heavy atom. The summed E-state index contributed by atoms with van der Waals surface area (Å²) < 4.78 is 3.55. The van der Waals surface area contributed by atoms with Crippen molar-refractivity contribution in [1.82, 2.24) is 0 Å². The van der Waals surface area contributed by atoms with E-state index >= 15 is 0 Å². The summed E-state index contributed by atoms with van der Waals surface area (Å²) in [6.07, 6.45) is 9.64. The van der Waals surface area contributed by atoms with Crippen LogP contribution in [0.2, 0.25) is 0 Å². The van der Waals surface area contributed by atoms with Gasteiger partial charge in [-0.15, -0.1) is 0 Å². The normalized spacial score (nSPS) is 10.7. The molecule has 0 aliphatic heterocycles. The first-order chi connectivity index (χ1) is 11.9. The van der Waals surface area contributed by atoms with Crippen LogP contribution in [0.1, 0.15) is 74.1 Å². The summed E-state index contributed by atoms with van der Waals surface area (Å²) in [5.74, 6) is 1.70. The largest absolute Gasteiger partial charge is 1.00 e. The molecule has 0 atom stereocenters. The molecule has 162 valence electrons. The monoisotopic (exact) mass is 464 g/mol. The second-order valence-electron chi connectivity index (χ2n) is 8.20. The molecule has 0 radical (unpaired) electrons. The number of halogens is 2. The van der Waals surface area contributed by atoms with Crippen LogP contribution in [0.3, 0.4) is 0 Å². The van der Waals surface area contributed by atoms with Gasteiger partial charge in [0.15, 0.2) is 12.4 Å². The van der Waals surface area contributed by atoms with Crippen molar-refractivity contribution in [3.63, 3.8) is 0 Å². The van der Waals surface area contributed by atoms with Crippen molar-refractivity contribution >= 4 is 0 Å². The molecule has 0 N–H and O–H groups in total. The zero-order valence-corrected chi connectivity index (χ0v) is 21.4. The van der Waals surface area contributed by atoms with E-state index in [0.717, 1.165) is 18.4 Å². The first-order valence-corrected chi connectivity index (χ1v) is 10.7. The molecular weight excluding hydrogens is 420 g/mol. The maximum Gasteiger partial charge on any atom is 0.168 e. The van der Waals surface area contributed by atoms with Gasteiger partial charge < -0.3 is 33.9 Å². The zero-order chi connectivity index (χ0) is 19.1. The van der Waals surface area contributed by atoms with E-state index in [9.17, 15) is 0 Å². The van der Waals surface area contributed by atoms with Gasteiger partial charge >= 0.3 is 0 Å². The van der Waals surface area contributed by atoms with Gasteiger partial charge in [-0.1, -0.05) is 33.8 Å². The van der Waals surface area contributed by atoms with Gasteiger partial charge in [-0.2, -0.15) is 0 Å². The average Bonchev–Trinajstić information content (AvgIpc) is 2.60. The number of hydrogen-bond acceptors (Lipinski definition) is 0. The predicted octanol–water partition coefficient (Wildman–Crippen LogP) is -0.283. The van der Waals surface area contributed by atoms with Gasteiger partial charge in [-0.3, -0.25) is 0 Å². The molecule has 0 saturated heterocycles. The lowest BCUT2D eigenvalue weighted by Gasteiger charge is -2.36. The maximum atomic E-state index is 2.32. The van der Waals surface area contributed by atoms with E-state index < -0.39 is 0 Å². The molecule has 4 heteroatoms. The van der Waals surface area contributed by atoms with Crippen LogP contribution in [0.25, 0.3) is 0 Å². The van der Waals surface area contributed by atoms with Crippen LogP contribution in [0, 0.1) is 11.8 Å². The molecule has 0 saturated carbocycles. The summed E-state index contributed by atoms with van der Waals surface area (Å²) in [7, 11) is 0. The van der Waals surface area contributed by atoms with E-state index in [0.29, 0.717) is 0 Å². The number of aromatic nitrogens is 1. The number of rotatable bonds is 11. The summed E-state index contributed by atoms with van der Waals surface area (Å²) in [6.45, 7) is 22.6. The Kier molecular flexibility index (Phi) is 22.5. The van der Waals surface area contributed by atoms with Gasteiger partial charge in [0.25, 0.3) is 0 Å². The Hall–Kier alpha value is -0.120. The van der Waals surface area contributed by atoms with Gasteiger partial charge in [0, 0.05) is 18.6 Å². The Morgan fingerprint density at radius 3 is 1.59 bits per heavy atom. The molecule has 1 heterocycles. The highest BCUT2D eigenvalue weighted by atomic mass is 79.9. The van der Waals surface area contributed by atoms with Gasteiger partial charge in [0.2, 0.25) is 0 Å². The van der Waals surface area contributed by atoms with E-state index in [-0.39, 0.29) is 29.4 Å². The van der Waals surface area contributed by atoms with Crippen LogP contribution in [0.4, 0.5) is 0 Å². The molecule has 0 unspecified atom stereocenters. The highest BCUT2D eigenvalue weighted by Gasteiger charge is 2.19. The fourth-order valence-corrected chi connectivity index (χ4v) is 3.25. The lowest BCUT2D eigenvalue weighted by Crippen LogP contribution is -3.00. The predicted molar refractivity (Wildman–Crippen MR) is 112 cm³/mol. The summed E-state index contributed by atoms with van der Waals surface area (Å²) in [5, 5.41) is 0. The Bertz CT molecular complexity index is 398. The molecule has 2 nitrogen and oxygen atoms in total. The molecule has 0 aliphatic carbocycles. The molecule has 0 aliphatic rings. The first kappa shape index (κ1) is 31.6. The van der Waals surface area contributed by atoms with Crippen molar-refractivity contribution in [1.29, 1.82) is 0 Å². The van der Waals surface area contributed by atoms with Crippen LogP contribution in [0.5, 0.6) is 0 Å². The van der Waals surface area contributed by atoms with E-state index in [1.807, 2.05) is 0 Å². The Balaban J connectivity index is -0.000000398. The van der Waals surface area contributed by atoms with Crippen molar-refractivity contribution in [2.45, 2.75) is 80.7 Å². The molecular formula is C23H46BrClN2. The minimum absolute atomic E-state index is 0.